The molecule has 1 aromatic carbocycles. The molecule has 5 nitrogen and oxygen atoms in total. The zero-order chi connectivity index (χ0) is 19.9. The molecule has 1 saturated carbocycles. The van der Waals surface area contributed by atoms with Gasteiger partial charge in [-0.15, -0.1) is 11.3 Å². The molecule has 3 rings (SSSR count). The van der Waals surface area contributed by atoms with Gasteiger partial charge < -0.3 is 10.6 Å². The van der Waals surface area contributed by atoms with Crippen LogP contribution in [0, 0.1) is 6.92 Å². The number of aliphatic imine (C=N–C) groups is 1. The molecule has 3 atom stereocenters. The Kier molecular flexibility index (Phi) is 7.62. The Bertz CT molecular complexity index is 819. The molecule has 0 aliphatic heterocycles. The van der Waals surface area contributed by atoms with E-state index in [0.29, 0.717) is 17.8 Å². The molecule has 152 valence electrons. The van der Waals surface area contributed by atoms with E-state index in [0.717, 1.165) is 53.7 Å². The second kappa shape index (κ2) is 10.2. The van der Waals surface area contributed by atoms with E-state index in [9.17, 15) is 4.21 Å². The van der Waals surface area contributed by atoms with Gasteiger partial charge in [0.05, 0.1) is 12.2 Å². The van der Waals surface area contributed by atoms with Crippen LogP contribution in [0.3, 0.4) is 0 Å². The maximum Gasteiger partial charge on any atom is 0.191 e. The van der Waals surface area contributed by atoms with Crippen molar-refractivity contribution in [2.75, 3.05) is 12.8 Å². The highest BCUT2D eigenvalue weighted by Gasteiger charge is 2.26. The van der Waals surface area contributed by atoms with Gasteiger partial charge in [-0.25, -0.2) is 4.98 Å². The quantitative estimate of drug-likeness (QED) is 0.552. The number of benzene rings is 1. The summed E-state index contributed by atoms with van der Waals surface area (Å²) >= 11 is 1.72. The SMILES string of the molecule is CCS(=O)C1CCCC(NC(=NC)NCc2sc(-c3ccccc3)nc2C)C1. The average Bonchev–Trinajstić information content (AvgIpc) is 3.12. The summed E-state index contributed by atoms with van der Waals surface area (Å²) in [4.78, 5) is 10.3. The van der Waals surface area contributed by atoms with Crippen molar-refractivity contribution in [2.45, 2.75) is 57.4 Å². The molecule has 1 fully saturated rings. The van der Waals surface area contributed by atoms with Gasteiger partial charge in [-0.1, -0.05) is 43.7 Å². The Hall–Kier alpha value is -1.73. The predicted molar refractivity (Wildman–Crippen MR) is 120 cm³/mol. The molecular formula is C21H30N4OS2. The Morgan fingerprint density at radius 3 is 2.82 bits per heavy atom. The van der Waals surface area contributed by atoms with E-state index in [1.807, 2.05) is 25.1 Å². The van der Waals surface area contributed by atoms with E-state index < -0.39 is 10.8 Å². The van der Waals surface area contributed by atoms with Crippen LogP contribution < -0.4 is 10.6 Å². The fourth-order valence-corrected chi connectivity index (χ4v) is 5.95. The third-order valence-electron chi connectivity index (χ3n) is 5.18. The maximum atomic E-state index is 12.2. The molecule has 0 radical (unpaired) electrons. The molecule has 28 heavy (non-hydrogen) atoms. The highest BCUT2D eigenvalue weighted by atomic mass is 32.2. The van der Waals surface area contributed by atoms with Crippen molar-refractivity contribution in [1.29, 1.82) is 0 Å². The van der Waals surface area contributed by atoms with Crippen LogP contribution in [0.15, 0.2) is 35.3 Å². The lowest BCUT2D eigenvalue weighted by molar-refractivity contribution is 0.413. The lowest BCUT2D eigenvalue weighted by Gasteiger charge is -2.30. The molecule has 1 aromatic heterocycles. The summed E-state index contributed by atoms with van der Waals surface area (Å²) in [5.74, 6) is 1.56. The highest BCUT2D eigenvalue weighted by molar-refractivity contribution is 7.85. The fraction of sp³-hybridized carbons (Fsp3) is 0.524. The molecule has 2 N–H and O–H groups in total. The minimum absolute atomic E-state index is 0.312. The largest absolute Gasteiger partial charge is 0.354 e. The Morgan fingerprint density at radius 2 is 2.11 bits per heavy atom. The molecule has 1 heterocycles. The van der Waals surface area contributed by atoms with Crippen LogP contribution in [0.25, 0.3) is 10.6 Å². The lowest BCUT2D eigenvalue weighted by atomic mass is 9.95. The van der Waals surface area contributed by atoms with E-state index >= 15 is 0 Å². The van der Waals surface area contributed by atoms with Crippen molar-refractivity contribution >= 4 is 28.1 Å². The number of rotatable bonds is 6. The first-order valence-corrected chi connectivity index (χ1v) is 12.2. The molecule has 0 saturated heterocycles. The standard InChI is InChI=1S/C21H30N4OS2/c1-4-28(26)18-12-8-11-17(13-18)25-21(22-3)23-14-19-15(2)24-20(27-19)16-9-6-5-7-10-16/h5-7,9-10,17-18H,4,8,11-14H2,1-3H3,(H2,22,23,25). The number of aryl methyl sites for hydroxylation is 1. The van der Waals surface area contributed by atoms with Gasteiger partial charge in [-0.3, -0.25) is 9.20 Å². The van der Waals surface area contributed by atoms with Gasteiger partial charge >= 0.3 is 0 Å². The second-order valence-corrected chi connectivity index (χ2v) is 10.2. The zero-order valence-electron chi connectivity index (χ0n) is 16.9. The Morgan fingerprint density at radius 1 is 1.32 bits per heavy atom. The molecule has 1 aliphatic carbocycles. The Labute approximate surface area is 174 Å². The van der Waals surface area contributed by atoms with Gasteiger partial charge in [0.1, 0.15) is 5.01 Å². The summed E-state index contributed by atoms with van der Waals surface area (Å²) in [5.41, 5.74) is 2.21. The third-order valence-corrected chi connectivity index (χ3v) is 8.12. The fourth-order valence-electron chi connectivity index (χ4n) is 3.60. The number of aromatic nitrogens is 1. The first-order valence-electron chi connectivity index (χ1n) is 9.96. The molecule has 7 heteroatoms. The Balaban J connectivity index is 1.57. The number of nitrogens with one attached hydrogen (secondary N) is 2. The molecule has 2 aromatic rings. The smallest absolute Gasteiger partial charge is 0.191 e. The van der Waals surface area contributed by atoms with E-state index in [1.165, 1.54) is 4.88 Å². The van der Waals surface area contributed by atoms with Gasteiger partial charge in [0.2, 0.25) is 0 Å². The lowest BCUT2D eigenvalue weighted by Crippen LogP contribution is -2.46. The number of hydrogen-bond acceptors (Lipinski definition) is 4. The van der Waals surface area contributed by atoms with Crippen LogP contribution >= 0.6 is 11.3 Å². The van der Waals surface area contributed by atoms with E-state index in [4.69, 9.17) is 4.98 Å². The zero-order valence-corrected chi connectivity index (χ0v) is 18.5. The molecular weight excluding hydrogens is 388 g/mol. The van der Waals surface area contributed by atoms with E-state index in [-0.39, 0.29) is 0 Å². The topological polar surface area (TPSA) is 66.4 Å². The number of hydrogen-bond donors (Lipinski definition) is 2. The normalized spacial score (nSPS) is 21.3. The van der Waals surface area contributed by atoms with Gasteiger partial charge in [-0.2, -0.15) is 0 Å². The number of thiazole rings is 1. The van der Waals surface area contributed by atoms with E-state index in [2.05, 4.69) is 34.7 Å². The predicted octanol–water partition coefficient (Wildman–Crippen LogP) is 3.86. The van der Waals surface area contributed by atoms with Crippen molar-refractivity contribution in [3.05, 3.63) is 40.9 Å². The molecule has 0 spiro atoms. The number of nitrogens with zero attached hydrogens (tertiary/aromatic N) is 2. The summed E-state index contributed by atoms with van der Waals surface area (Å²) < 4.78 is 12.2. The van der Waals surface area contributed by atoms with Crippen molar-refractivity contribution in [1.82, 2.24) is 15.6 Å². The van der Waals surface area contributed by atoms with Gasteiger partial charge in [-0.05, 0) is 26.2 Å². The minimum atomic E-state index is -0.710. The molecule has 0 bridgehead atoms. The van der Waals surface area contributed by atoms with Crippen LogP contribution in [0.4, 0.5) is 0 Å². The van der Waals surface area contributed by atoms with E-state index in [1.54, 1.807) is 18.4 Å². The monoisotopic (exact) mass is 418 g/mol. The van der Waals surface area contributed by atoms with Crippen molar-refractivity contribution in [3.8, 4) is 10.6 Å². The highest BCUT2D eigenvalue weighted by Crippen LogP contribution is 2.27. The van der Waals surface area contributed by atoms with Crippen molar-refractivity contribution < 1.29 is 4.21 Å². The first kappa shape index (κ1) is 21.0. The molecule has 0 amide bonds. The molecule has 3 unspecified atom stereocenters. The summed E-state index contributed by atoms with van der Waals surface area (Å²) in [5, 5.41) is 8.32. The van der Waals surface area contributed by atoms with Gasteiger partial charge in [0.15, 0.2) is 5.96 Å². The molecule has 1 aliphatic rings. The average molecular weight is 419 g/mol. The van der Waals surface area contributed by atoms with Crippen LogP contribution in [0.1, 0.15) is 43.2 Å². The minimum Gasteiger partial charge on any atom is -0.354 e. The van der Waals surface area contributed by atoms with Crippen LogP contribution in [0.2, 0.25) is 0 Å². The second-order valence-electron chi connectivity index (χ2n) is 7.12. The summed E-state index contributed by atoms with van der Waals surface area (Å²) in [6.07, 6.45) is 4.27. The summed E-state index contributed by atoms with van der Waals surface area (Å²) in [7, 11) is 1.09. The van der Waals surface area contributed by atoms with Crippen LogP contribution in [0.5, 0.6) is 0 Å². The van der Waals surface area contributed by atoms with Crippen LogP contribution in [-0.4, -0.2) is 39.2 Å². The van der Waals surface area contributed by atoms with Gasteiger partial charge in [0, 0.05) is 45.3 Å². The van der Waals surface area contributed by atoms with Crippen molar-refractivity contribution in [3.63, 3.8) is 0 Å². The van der Waals surface area contributed by atoms with Crippen molar-refractivity contribution in [2.24, 2.45) is 4.99 Å². The number of guanidine groups is 1. The summed E-state index contributed by atoms with van der Waals surface area (Å²) in [6, 6.07) is 10.6. The third kappa shape index (κ3) is 5.41. The first-order chi connectivity index (χ1) is 13.6. The summed E-state index contributed by atoms with van der Waals surface area (Å²) in [6.45, 7) is 4.77. The maximum absolute atomic E-state index is 12.2. The van der Waals surface area contributed by atoms with Gasteiger partial charge in [0.25, 0.3) is 0 Å². The van der Waals surface area contributed by atoms with Crippen LogP contribution in [-0.2, 0) is 17.3 Å².